The number of carbonyl (C=O) groups is 1. The number of nitrogens with one attached hydrogen (secondary N) is 3. The highest BCUT2D eigenvalue weighted by atomic mass is 35.5. The van der Waals surface area contributed by atoms with E-state index in [4.69, 9.17) is 58.6 Å². The largest absolute Gasteiger partial charge is 0.506 e. The fraction of sp³-hybridized carbons (Fsp3) is 0. The van der Waals surface area contributed by atoms with Crippen LogP contribution in [0.1, 0.15) is 21.5 Å². The van der Waals surface area contributed by atoms with Gasteiger partial charge in [-0.25, -0.2) is 5.43 Å². The number of benzene rings is 3. The van der Waals surface area contributed by atoms with Crippen molar-refractivity contribution in [3.63, 3.8) is 0 Å². The zero-order valence-corrected chi connectivity index (χ0v) is 21.2. The van der Waals surface area contributed by atoms with Crippen LogP contribution in [0.4, 0.5) is 5.69 Å². The number of hydrogen-bond acceptors (Lipinski definition) is 6. The first-order valence-corrected chi connectivity index (χ1v) is 11.5. The summed E-state index contributed by atoms with van der Waals surface area (Å²) in [7, 11) is 0. The Morgan fingerprint density at radius 2 is 1.34 bits per heavy atom. The molecular formula is C22H15Cl4N5O3S. The van der Waals surface area contributed by atoms with Gasteiger partial charge in [0, 0.05) is 21.2 Å². The number of hydrazone groups is 2. The Morgan fingerprint density at radius 3 is 1.91 bits per heavy atom. The van der Waals surface area contributed by atoms with Crippen LogP contribution in [-0.4, -0.2) is 33.7 Å². The molecule has 13 heteroatoms. The monoisotopic (exact) mass is 569 g/mol. The molecular weight excluding hydrogens is 556 g/mol. The second-order valence-electron chi connectivity index (χ2n) is 6.72. The molecule has 0 aliphatic carbocycles. The molecule has 0 fully saturated rings. The molecule has 3 rings (SSSR count). The zero-order valence-electron chi connectivity index (χ0n) is 17.4. The summed E-state index contributed by atoms with van der Waals surface area (Å²) >= 11 is 28.8. The molecule has 0 spiro atoms. The SMILES string of the molecule is O=C(N/N=C\c1cc(Cl)cc(Cl)c1O)c1ccccc1NC(=S)N/N=C\c1cc(Cl)cc(Cl)c1O. The minimum absolute atomic E-state index is 0.0529. The maximum Gasteiger partial charge on any atom is 0.273 e. The van der Waals surface area contributed by atoms with Gasteiger partial charge in [0.1, 0.15) is 11.5 Å². The molecule has 0 heterocycles. The van der Waals surface area contributed by atoms with Crippen molar-refractivity contribution in [1.82, 2.24) is 10.9 Å². The molecule has 0 aliphatic heterocycles. The van der Waals surface area contributed by atoms with Crippen LogP contribution in [0.2, 0.25) is 20.1 Å². The summed E-state index contributed by atoms with van der Waals surface area (Å²) in [5.41, 5.74) is 6.03. The van der Waals surface area contributed by atoms with Crippen LogP contribution in [0.3, 0.4) is 0 Å². The normalized spacial score (nSPS) is 11.1. The lowest BCUT2D eigenvalue weighted by atomic mass is 10.1. The maximum absolute atomic E-state index is 12.6. The molecule has 0 aromatic heterocycles. The number of phenols is 2. The molecule has 5 N–H and O–H groups in total. The van der Waals surface area contributed by atoms with Gasteiger partial charge in [-0.2, -0.15) is 10.2 Å². The molecule has 0 aliphatic rings. The average Bonchev–Trinajstić information content (AvgIpc) is 2.80. The predicted molar refractivity (Wildman–Crippen MR) is 145 cm³/mol. The molecule has 0 saturated heterocycles. The van der Waals surface area contributed by atoms with E-state index in [1.807, 2.05) is 0 Å². The number of carbonyl (C=O) groups excluding carboxylic acids is 1. The van der Waals surface area contributed by atoms with Gasteiger partial charge in [-0.05, 0) is 48.6 Å². The second-order valence-corrected chi connectivity index (χ2v) is 8.82. The lowest BCUT2D eigenvalue weighted by Crippen LogP contribution is -2.26. The summed E-state index contributed by atoms with van der Waals surface area (Å²) in [6.07, 6.45) is 2.49. The molecule has 35 heavy (non-hydrogen) atoms. The number of phenolic OH excluding ortho intramolecular Hbond substituents is 2. The number of thiocarbonyl (C=S) groups is 1. The van der Waals surface area contributed by atoms with Crippen molar-refractivity contribution in [2.75, 3.05) is 5.32 Å². The second kappa shape index (κ2) is 12.1. The van der Waals surface area contributed by atoms with Gasteiger partial charge in [0.05, 0.1) is 33.7 Å². The molecule has 0 bridgehead atoms. The van der Waals surface area contributed by atoms with E-state index in [-0.39, 0.29) is 43.3 Å². The molecule has 3 aromatic rings. The summed E-state index contributed by atoms with van der Waals surface area (Å²) in [6.45, 7) is 0. The summed E-state index contributed by atoms with van der Waals surface area (Å²) in [6, 6.07) is 12.2. The van der Waals surface area contributed by atoms with Crippen molar-refractivity contribution in [3.05, 3.63) is 85.3 Å². The molecule has 1 amide bonds. The van der Waals surface area contributed by atoms with E-state index in [9.17, 15) is 15.0 Å². The lowest BCUT2D eigenvalue weighted by molar-refractivity contribution is 0.0956. The Kier molecular flexibility index (Phi) is 9.13. The molecule has 8 nitrogen and oxygen atoms in total. The van der Waals surface area contributed by atoms with Gasteiger partial charge >= 0.3 is 0 Å². The Hall–Kier alpha value is -3.08. The van der Waals surface area contributed by atoms with Crippen molar-refractivity contribution in [3.8, 4) is 11.5 Å². The number of hydrogen-bond donors (Lipinski definition) is 5. The molecule has 0 saturated carbocycles. The Bertz CT molecular complexity index is 1350. The average molecular weight is 571 g/mol. The summed E-state index contributed by atoms with van der Waals surface area (Å²) in [5, 5.41) is 31.4. The van der Waals surface area contributed by atoms with Crippen molar-refractivity contribution in [2.45, 2.75) is 0 Å². The van der Waals surface area contributed by atoms with E-state index < -0.39 is 5.91 Å². The molecule has 0 atom stereocenters. The summed E-state index contributed by atoms with van der Waals surface area (Å²) < 4.78 is 0. The third kappa shape index (κ3) is 7.20. The molecule has 3 aromatic carbocycles. The van der Waals surface area contributed by atoms with Crippen LogP contribution in [0.25, 0.3) is 0 Å². The standard InChI is InChI=1S/C22H15Cl4N5O3S/c23-13-5-11(19(32)16(25)7-13)9-27-30-21(34)15-3-1-2-4-18(15)29-22(35)31-28-10-12-6-14(24)8-17(26)20(12)33/h1-10,32-33H,(H,30,34)(H2,29,31,35)/b27-9-,28-10-. The number of amides is 1. The topological polar surface area (TPSA) is 118 Å². The van der Waals surface area contributed by atoms with E-state index in [0.717, 1.165) is 0 Å². The number of rotatable bonds is 6. The van der Waals surface area contributed by atoms with E-state index >= 15 is 0 Å². The number of anilines is 1. The Balaban J connectivity index is 1.65. The van der Waals surface area contributed by atoms with E-state index in [1.165, 1.54) is 36.7 Å². The Labute approximate surface area is 225 Å². The molecule has 0 unspecified atom stereocenters. The van der Waals surface area contributed by atoms with Gasteiger partial charge in [-0.3, -0.25) is 10.2 Å². The van der Waals surface area contributed by atoms with Crippen LogP contribution >= 0.6 is 58.6 Å². The van der Waals surface area contributed by atoms with Gasteiger partial charge < -0.3 is 15.5 Å². The predicted octanol–water partition coefficient (Wildman–Crippen LogP) is 5.80. The van der Waals surface area contributed by atoms with Gasteiger partial charge in [0.15, 0.2) is 5.11 Å². The zero-order chi connectivity index (χ0) is 25.5. The fourth-order valence-corrected chi connectivity index (χ4v) is 3.87. The first-order chi connectivity index (χ1) is 16.7. The highest BCUT2D eigenvalue weighted by Crippen LogP contribution is 2.31. The van der Waals surface area contributed by atoms with Crippen LogP contribution in [0, 0.1) is 0 Å². The highest BCUT2D eigenvalue weighted by Gasteiger charge is 2.12. The first-order valence-electron chi connectivity index (χ1n) is 9.54. The van der Waals surface area contributed by atoms with E-state index in [1.54, 1.807) is 24.3 Å². The molecule has 0 radical (unpaired) electrons. The van der Waals surface area contributed by atoms with Crippen LogP contribution in [0.5, 0.6) is 11.5 Å². The minimum Gasteiger partial charge on any atom is -0.506 e. The maximum atomic E-state index is 12.6. The fourth-order valence-electron chi connectivity index (χ4n) is 2.69. The first kappa shape index (κ1) is 26.5. The Morgan fingerprint density at radius 1 is 0.829 bits per heavy atom. The van der Waals surface area contributed by atoms with Gasteiger partial charge in [-0.15, -0.1) is 0 Å². The number of aromatic hydroxyl groups is 2. The van der Waals surface area contributed by atoms with Crippen molar-refractivity contribution >= 4 is 87.8 Å². The van der Waals surface area contributed by atoms with Crippen molar-refractivity contribution in [2.24, 2.45) is 10.2 Å². The molecule has 180 valence electrons. The van der Waals surface area contributed by atoms with Crippen LogP contribution in [0.15, 0.2) is 58.7 Å². The minimum atomic E-state index is -0.554. The van der Waals surface area contributed by atoms with Crippen molar-refractivity contribution < 1.29 is 15.0 Å². The van der Waals surface area contributed by atoms with Crippen LogP contribution < -0.4 is 16.2 Å². The number of halogens is 4. The van der Waals surface area contributed by atoms with E-state index in [0.29, 0.717) is 15.7 Å². The summed E-state index contributed by atoms with van der Waals surface area (Å²) in [5.74, 6) is -0.959. The lowest BCUT2D eigenvalue weighted by Gasteiger charge is -2.11. The summed E-state index contributed by atoms with van der Waals surface area (Å²) in [4.78, 5) is 12.6. The van der Waals surface area contributed by atoms with E-state index in [2.05, 4.69) is 26.4 Å². The van der Waals surface area contributed by atoms with Gasteiger partial charge in [-0.1, -0.05) is 58.5 Å². The number of nitrogens with zero attached hydrogens (tertiary/aromatic N) is 2. The van der Waals surface area contributed by atoms with Gasteiger partial charge in [0.25, 0.3) is 5.91 Å². The van der Waals surface area contributed by atoms with Crippen molar-refractivity contribution in [1.29, 1.82) is 0 Å². The smallest absolute Gasteiger partial charge is 0.273 e. The third-order valence-corrected chi connectivity index (χ3v) is 5.48. The number of para-hydroxylation sites is 1. The quantitative estimate of drug-likeness (QED) is 0.145. The third-order valence-electron chi connectivity index (χ3n) is 4.27. The van der Waals surface area contributed by atoms with Gasteiger partial charge in [0.2, 0.25) is 0 Å². The highest BCUT2D eigenvalue weighted by molar-refractivity contribution is 7.80. The van der Waals surface area contributed by atoms with Crippen LogP contribution in [-0.2, 0) is 0 Å².